The quantitative estimate of drug-likeness (QED) is 0.858. The number of rotatable bonds is 5. The number of hydrogen-bond acceptors (Lipinski definition) is 3. The van der Waals surface area contributed by atoms with Crippen molar-refractivity contribution in [3.63, 3.8) is 0 Å². The molecule has 3 nitrogen and oxygen atoms in total. The molecule has 0 aliphatic rings. The van der Waals surface area contributed by atoms with E-state index >= 15 is 0 Å². The van der Waals surface area contributed by atoms with Crippen molar-refractivity contribution in [1.82, 2.24) is 0 Å². The highest BCUT2D eigenvalue weighted by Gasteiger charge is 2.06. The van der Waals surface area contributed by atoms with Crippen molar-refractivity contribution in [2.45, 2.75) is 13.3 Å². The third-order valence-electron chi connectivity index (χ3n) is 2.47. The van der Waals surface area contributed by atoms with E-state index in [1.54, 1.807) is 0 Å². The fourth-order valence-corrected chi connectivity index (χ4v) is 2.16. The van der Waals surface area contributed by atoms with E-state index in [1.807, 2.05) is 41.8 Å². The normalized spacial score (nSPS) is 10.1. The van der Waals surface area contributed by atoms with Gasteiger partial charge in [0.1, 0.15) is 0 Å². The average Bonchev–Trinajstić information content (AvgIpc) is 2.92. The van der Waals surface area contributed by atoms with Gasteiger partial charge in [0.15, 0.2) is 0 Å². The van der Waals surface area contributed by atoms with Gasteiger partial charge in [-0.2, -0.15) is 0 Å². The second-order valence-electron chi connectivity index (χ2n) is 3.94. The summed E-state index contributed by atoms with van der Waals surface area (Å²) in [6.45, 7) is 3.09. The summed E-state index contributed by atoms with van der Waals surface area (Å²) in [5.41, 5.74) is 1.89. The zero-order valence-electron chi connectivity index (χ0n) is 10.3. The molecule has 0 saturated carbocycles. The highest BCUT2D eigenvalue weighted by Crippen LogP contribution is 2.16. The minimum Gasteiger partial charge on any atom is -0.385 e. The zero-order chi connectivity index (χ0) is 12.8. The summed E-state index contributed by atoms with van der Waals surface area (Å²) in [6.07, 6.45) is 1.09. The lowest BCUT2D eigenvalue weighted by molar-refractivity contribution is 0.103. The van der Waals surface area contributed by atoms with Crippen molar-refractivity contribution in [2.75, 3.05) is 17.2 Å². The molecule has 2 N–H and O–H groups in total. The van der Waals surface area contributed by atoms with Crippen molar-refractivity contribution in [1.29, 1.82) is 0 Å². The summed E-state index contributed by atoms with van der Waals surface area (Å²) in [7, 11) is 0. The van der Waals surface area contributed by atoms with Crippen LogP contribution < -0.4 is 10.6 Å². The van der Waals surface area contributed by atoms with Gasteiger partial charge >= 0.3 is 0 Å². The van der Waals surface area contributed by atoms with Crippen LogP contribution in [0.25, 0.3) is 0 Å². The average molecular weight is 260 g/mol. The Morgan fingerprint density at radius 3 is 2.50 bits per heavy atom. The van der Waals surface area contributed by atoms with Crippen LogP contribution in [0.15, 0.2) is 41.8 Å². The van der Waals surface area contributed by atoms with Gasteiger partial charge in [-0.25, -0.2) is 0 Å². The molecular formula is C14H16N2OS. The van der Waals surface area contributed by atoms with Crippen LogP contribution in [0, 0.1) is 0 Å². The van der Waals surface area contributed by atoms with Crippen molar-refractivity contribution in [3.8, 4) is 0 Å². The van der Waals surface area contributed by atoms with Crippen molar-refractivity contribution < 1.29 is 4.79 Å². The molecule has 0 unspecified atom stereocenters. The van der Waals surface area contributed by atoms with Crippen LogP contribution >= 0.6 is 11.3 Å². The molecule has 0 atom stereocenters. The van der Waals surface area contributed by atoms with Gasteiger partial charge in [0, 0.05) is 17.9 Å². The second kappa shape index (κ2) is 6.21. The van der Waals surface area contributed by atoms with Gasteiger partial charge in [-0.1, -0.05) is 13.0 Å². The highest BCUT2D eigenvalue weighted by atomic mass is 32.1. The third kappa shape index (κ3) is 3.34. The van der Waals surface area contributed by atoms with Gasteiger partial charge in [-0.15, -0.1) is 11.3 Å². The lowest BCUT2D eigenvalue weighted by Gasteiger charge is -2.07. The summed E-state index contributed by atoms with van der Waals surface area (Å²) >= 11 is 1.44. The van der Waals surface area contributed by atoms with Gasteiger partial charge in [0.05, 0.1) is 4.88 Å². The van der Waals surface area contributed by atoms with Crippen LogP contribution in [0.4, 0.5) is 11.4 Å². The minimum atomic E-state index is -0.0562. The molecule has 1 heterocycles. The Morgan fingerprint density at radius 1 is 1.17 bits per heavy atom. The van der Waals surface area contributed by atoms with E-state index in [2.05, 4.69) is 17.6 Å². The predicted octanol–water partition coefficient (Wildman–Crippen LogP) is 3.82. The molecule has 0 fully saturated rings. The summed E-state index contributed by atoms with van der Waals surface area (Å²) in [4.78, 5) is 12.5. The molecule has 2 rings (SSSR count). The van der Waals surface area contributed by atoms with Crippen LogP contribution in [0.3, 0.4) is 0 Å². The summed E-state index contributed by atoms with van der Waals surface area (Å²) < 4.78 is 0. The number of anilines is 2. The van der Waals surface area contributed by atoms with Gasteiger partial charge in [-0.05, 0) is 42.1 Å². The molecule has 94 valence electrons. The first-order valence-electron chi connectivity index (χ1n) is 5.98. The first-order chi connectivity index (χ1) is 8.79. The molecule has 18 heavy (non-hydrogen) atoms. The maximum atomic E-state index is 11.8. The van der Waals surface area contributed by atoms with E-state index in [0.29, 0.717) is 0 Å². The van der Waals surface area contributed by atoms with Crippen molar-refractivity contribution in [3.05, 3.63) is 46.7 Å². The molecule has 0 bridgehead atoms. The largest absolute Gasteiger partial charge is 0.385 e. The smallest absolute Gasteiger partial charge is 0.265 e. The Labute approximate surface area is 111 Å². The number of nitrogens with one attached hydrogen (secondary N) is 2. The fraction of sp³-hybridized carbons (Fsp3) is 0.214. The SMILES string of the molecule is CCCNc1ccc(NC(=O)c2cccs2)cc1. The van der Waals surface area contributed by atoms with E-state index < -0.39 is 0 Å². The van der Waals surface area contributed by atoms with Gasteiger partial charge < -0.3 is 10.6 Å². The molecule has 1 aromatic carbocycles. The van der Waals surface area contributed by atoms with E-state index in [9.17, 15) is 4.79 Å². The minimum absolute atomic E-state index is 0.0562. The molecule has 0 spiro atoms. The van der Waals surface area contributed by atoms with Gasteiger partial charge in [0.2, 0.25) is 0 Å². The highest BCUT2D eigenvalue weighted by molar-refractivity contribution is 7.12. The summed E-state index contributed by atoms with van der Waals surface area (Å²) in [6, 6.07) is 11.4. The molecule has 0 aliphatic carbocycles. The van der Waals surface area contributed by atoms with Crippen LogP contribution in [0.5, 0.6) is 0 Å². The van der Waals surface area contributed by atoms with Crippen LogP contribution in [-0.2, 0) is 0 Å². The Bertz CT molecular complexity index is 491. The van der Waals surface area contributed by atoms with Gasteiger partial charge in [0.25, 0.3) is 5.91 Å². The number of thiophene rings is 1. The predicted molar refractivity (Wildman–Crippen MR) is 77.5 cm³/mol. The van der Waals surface area contributed by atoms with Crippen LogP contribution in [0.2, 0.25) is 0 Å². The van der Waals surface area contributed by atoms with E-state index in [1.165, 1.54) is 11.3 Å². The van der Waals surface area contributed by atoms with Crippen molar-refractivity contribution in [2.24, 2.45) is 0 Å². The maximum Gasteiger partial charge on any atom is 0.265 e. The summed E-state index contributed by atoms with van der Waals surface area (Å²) in [5, 5.41) is 8.06. The van der Waals surface area contributed by atoms with E-state index in [0.717, 1.165) is 29.2 Å². The number of amides is 1. The number of hydrogen-bond donors (Lipinski definition) is 2. The lowest BCUT2D eigenvalue weighted by atomic mass is 10.2. The number of carbonyl (C=O) groups excluding carboxylic acids is 1. The molecule has 0 aliphatic heterocycles. The Balaban J connectivity index is 1.96. The van der Waals surface area contributed by atoms with Crippen molar-refractivity contribution >= 4 is 28.6 Å². The molecular weight excluding hydrogens is 244 g/mol. The first kappa shape index (κ1) is 12.6. The third-order valence-corrected chi connectivity index (χ3v) is 3.34. The Kier molecular flexibility index (Phi) is 4.36. The second-order valence-corrected chi connectivity index (χ2v) is 4.88. The first-order valence-corrected chi connectivity index (χ1v) is 6.86. The molecule has 4 heteroatoms. The summed E-state index contributed by atoms with van der Waals surface area (Å²) in [5.74, 6) is -0.0562. The topological polar surface area (TPSA) is 41.1 Å². The molecule has 0 radical (unpaired) electrons. The molecule has 2 aromatic rings. The van der Waals surface area contributed by atoms with Gasteiger partial charge in [-0.3, -0.25) is 4.79 Å². The Morgan fingerprint density at radius 2 is 1.89 bits per heavy atom. The fourth-order valence-electron chi connectivity index (χ4n) is 1.54. The lowest BCUT2D eigenvalue weighted by Crippen LogP contribution is -2.10. The number of benzene rings is 1. The maximum absolute atomic E-state index is 11.8. The van der Waals surface area contributed by atoms with E-state index in [-0.39, 0.29) is 5.91 Å². The molecule has 1 amide bonds. The van der Waals surface area contributed by atoms with Crippen LogP contribution in [-0.4, -0.2) is 12.5 Å². The van der Waals surface area contributed by atoms with E-state index in [4.69, 9.17) is 0 Å². The molecule has 0 saturated heterocycles. The number of carbonyl (C=O) groups is 1. The standard InChI is InChI=1S/C14H16N2OS/c1-2-9-15-11-5-7-12(8-6-11)16-14(17)13-4-3-10-18-13/h3-8,10,15H,2,9H2,1H3,(H,16,17). The zero-order valence-corrected chi connectivity index (χ0v) is 11.1. The monoisotopic (exact) mass is 260 g/mol. The molecule has 1 aromatic heterocycles. The Hall–Kier alpha value is -1.81. The van der Waals surface area contributed by atoms with Crippen LogP contribution in [0.1, 0.15) is 23.0 Å².